The average Bonchev–Trinajstić information content (AvgIpc) is 2.78. The van der Waals surface area contributed by atoms with Crippen molar-refractivity contribution in [3.63, 3.8) is 0 Å². The van der Waals surface area contributed by atoms with Crippen molar-refractivity contribution >= 4 is 10.0 Å². The third-order valence-electron chi connectivity index (χ3n) is 6.43. The van der Waals surface area contributed by atoms with Gasteiger partial charge in [-0.1, -0.05) is 42.2 Å². The van der Waals surface area contributed by atoms with Gasteiger partial charge >= 0.3 is 0 Å². The lowest BCUT2D eigenvalue weighted by Gasteiger charge is -2.57. The molecular formula is C25H30N2O4S. The number of hydrogen-bond donors (Lipinski definition) is 2. The van der Waals surface area contributed by atoms with Gasteiger partial charge in [0.05, 0.1) is 11.5 Å². The molecule has 0 bridgehead atoms. The summed E-state index contributed by atoms with van der Waals surface area (Å²) in [5.74, 6) is 5.73. The lowest BCUT2D eigenvalue weighted by molar-refractivity contribution is -0.0553. The van der Waals surface area contributed by atoms with E-state index in [1.807, 2.05) is 30.3 Å². The summed E-state index contributed by atoms with van der Waals surface area (Å²) in [7, 11) is -3.57. The summed E-state index contributed by atoms with van der Waals surface area (Å²) in [4.78, 5) is 2.58. The molecule has 0 amide bonds. The summed E-state index contributed by atoms with van der Waals surface area (Å²) in [6, 6.07) is 16.5. The van der Waals surface area contributed by atoms with Gasteiger partial charge in [-0.25, -0.2) is 8.42 Å². The Morgan fingerprint density at radius 1 is 1.06 bits per heavy atom. The van der Waals surface area contributed by atoms with Crippen molar-refractivity contribution in [3.05, 3.63) is 65.7 Å². The number of aliphatic hydroxyl groups is 2. The van der Waals surface area contributed by atoms with Gasteiger partial charge in [0.25, 0.3) is 0 Å². The normalized spacial score (nSPS) is 25.4. The standard InChI is InChI=1S/C25H30N2O4S/c1-19(29)9-10-20-11-13-21(14-12-20)25-23-17-26(15-5-6-16-27(23)24(25)18-28)32(30,31)22-7-3-2-4-8-22/h2-4,7-8,11-14,19,23-25,28-29H,5-6,15-18H2,1H3/t19-,23+,24-,25+/m0/s1. The molecule has 2 aliphatic heterocycles. The van der Waals surface area contributed by atoms with Crippen LogP contribution >= 0.6 is 0 Å². The van der Waals surface area contributed by atoms with Crippen LogP contribution in [0, 0.1) is 11.8 Å². The first kappa shape index (κ1) is 23.0. The number of aliphatic hydroxyl groups excluding tert-OH is 2. The van der Waals surface area contributed by atoms with E-state index in [0.29, 0.717) is 18.0 Å². The van der Waals surface area contributed by atoms with E-state index in [0.717, 1.165) is 30.5 Å². The molecule has 2 fully saturated rings. The highest BCUT2D eigenvalue weighted by molar-refractivity contribution is 7.89. The zero-order valence-electron chi connectivity index (χ0n) is 18.3. The second-order valence-corrected chi connectivity index (χ2v) is 10.5. The molecule has 2 aromatic carbocycles. The van der Waals surface area contributed by atoms with Crippen molar-refractivity contribution in [2.45, 2.75) is 48.8 Å². The third-order valence-corrected chi connectivity index (χ3v) is 8.31. The Labute approximate surface area is 190 Å². The molecule has 2 N–H and O–H groups in total. The summed E-state index contributed by atoms with van der Waals surface area (Å²) in [6.45, 7) is 3.44. The van der Waals surface area contributed by atoms with Crippen LogP contribution in [0.5, 0.6) is 0 Å². The van der Waals surface area contributed by atoms with Gasteiger partial charge in [-0.15, -0.1) is 0 Å². The number of benzene rings is 2. The molecule has 0 aromatic heterocycles. The number of fused-ring (bicyclic) bond motifs is 1. The minimum Gasteiger partial charge on any atom is -0.395 e. The van der Waals surface area contributed by atoms with Gasteiger partial charge in [0, 0.05) is 36.7 Å². The molecule has 32 heavy (non-hydrogen) atoms. The fourth-order valence-electron chi connectivity index (χ4n) is 4.85. The summed E-state index contributed by atoms with van der Waals surface area (Å²) >= 11 is 0. The Balaban J connectivity index is 1.60. The Hall–Kier alpha value is -2.21. The fourth-order valence-corrected chi connectivity index (χ4v) is 6.36. The maximum absolute atomic E-state index is 13.3. The van der Waals surface area contributed by atoms with Crippen molar-refractivity contribution in [1.29, 1.82) is 0 Å². The maximum atomic E-state index is 13.3. The second kappa shape index (κ2) is 9.74. The molecule has 6 nitrogen and oxygen atoms in total. The first-order valence-corrected chi connectivity index (χ1v) is 12.6. The van der Waals surface area contributed by atoms with Crippen LogP contribution in [0.1, 0.15) is 36.8 Å². The van der Waals surface area contributed by atoms with Crippen molar-refractivity contribution in [2.24, 2.45) is 0 Å². The number of nitrogens with zero attached hydrogens (tertiary/aromatic N) is 2. The van der Waals surface area contributed by atoms with Crippen LogP contribution in [0.15, 0.2) is 59.5 Å². The predicted molar refractivity (Wildman–Crippen MR) is 124 cm³/mol. The van der Waals surface area contributed by atoms with Crippen LogP contribution in [0.3, 0.4) is 0 Å². The molecule has 2 aromatic rings. The van der Waals surface area contributed by atoms with Gasteiger partial charge in [0.15, 0.2) is 0 Å². The van der Waals surface area contributed by atoms with Crippen LogP contribution in [-0.2, 0) is 10.0 Å². The Kier molecular flexibility index (Phi) is 6.99. The molecule has 0 spiro atoms. The molecule has 4 atom stereocenters. The molecule has 2 saturated heterocycles. The minimum absolute atomic E-state index is 0.0142. The zero-order chi connectivity index (χ0) is 22.7. The van der Waals surface area contributed by atoms with Crippen molar-refractivity contribution < 1.29 is 18.6 Å². The van der Waals surface area contributed by atoms with Gasteiger partial charge in [-0.2, -0.15) is 4.31 Å². The Morgan fingerprint density at radius 2 is 1.75 bits per heavy atom. The zero-order valence-corrected chi connectivity index (χ0v) is 19.1. The van der Waals surface area contributed by atoms with E-state index in [1.165, 1.54) is 0 Å². The van der Waals surface area contributed by atoms with Gasteiger partial charge in [0.1, 0.15) is 6.10 Å². The summed E-state index contributed by atoms with van der Waals surface area (Å²) < 4.78 is 28.2. The van der Waals surface area contributed by atoms with E-state index >= 15 is 0 Å². The van der Waals surface area contributed by atoms with Crippen LogP contribution in [0.25, 0.3) is 0 Å². The SMILES string of the molecule is C[C@H](O)C#Cc1ccc([C@@H]2[C@H]3CN(S(=O)(=O)c4ccccc4)CCCCN3[C@H]2CO)cc1. The van der Waals surface area contributed by atoms with E-state index in [-0.39, 0.29) is 24.6 Å². The first-order chi connectivity index (χ1) is 15.4. The van der Waals surface area contributed by atoms with E-state index < -0.39 is 16.1 Å². The lowest BCUT2D eigenvalue weighted by Crippen LogP contribution is -2.67. The summed E-state index contributed by atoms with van der Waals surface area (Å²) in [5.41, 5.74) is 1.89. The van der Waals surface area contributed by atoms with Crippen LogP contribution in [0.2, 0.25) is 0 Å². The molecule has 0 radical (unpaired) electrons. The molecular weight excluding hydrogens is 424 g/mol. The topological polar surface area (TPSA) is 81.1 Å². The molecule has 4 rings (SSSR count). The van der Waals surface area contributed by atoms with Gasteiger partial charge in [-0.3, -0.25) is 4.90 Å². The third kappa shape index (κ3) is 4.61. The first-order valence-electron chi connectivity index (χ1n) is 11.1. The van der Waals surface area contributed by atoms with Crippen molar-refractivity contribution in [2.75, 3.05) is 26.2 Å². The number of sulfonamides is 1. The molecule has 0 unspecified atom stereocenters. The lowest BCUT2D eigenvalue weighted by atomic mass is 9.74. The predicted octanol–water partition coefficient (Wildman–Crippen LogP) is 2.03. The number of rotatable bonds is 4. The summed E-state index contributed by atoms with van der Waals surface area (Å²) in [6.07, 6.45) is 1.02. The minimum atomic E-state index is -3.57. The van der Waals surface area contributed by atoms with Crippen molar-refractivity contribution in [1.82, 2.24) is 9.21 Å². The van der Waals surface area contributed by atoms with Crippen molar-refractivity contribution in [3.8, 4) is 11.8 Å². The molecule has 7 heteroatoms. The number of hydrogen-bond acceptors (Lipinski definition) is 5. The van der Waals surface area contributed by atoms with E-state index in [9.17, 15) is 18.6 Å². The van der Waals surface area contributed by atoms with E-state index in [2.05, 4.69) is 16.7 Å². The molecule has 0 aliphatic carbocycles. The van der Waals surface area contributed by atoms with Gasteiger partial charge in [0.2, 0.25) is 10.0 Å². The summed E-state index contributed by atoms with van der Waals surface area (Å²) in [5, 5.41) is 19.5. The second-order valence-electron chi connectivity index (χ2n) is 8.53. The maximum Gasteiger partial charge on any atom is 0.243 e. The van der Waals surface area contributed by atoms with Crippen LogP contribution < -0.4 is 0 Å². The largest absolute Gasteiger partial charge is 0.395 e. The highest BCUT2D eigenvalue weighted by Gasteiger charge is 2.50. The highest BCUT2D eigenvalue weighted by atomic mass is 32.2. The monoisotopic (exact) mass is 454 g/mol. The van der Waals surface area contributed by atoms with E-state index in [4.69, 9.17) is 0 Å². The molecule has 2 heterocycles. The van der Waals surface area contributed by atoms with Crippen LogP contribution in [0.4, 0.5) is 0 Å². The average molecular weight is 455 g/mol. The quantitative estimate of drug-likeness (QED) is 0.691. The molecule has 170 valence electrons. The Bertz CT molecular complexity index is 1070. The smallest absolute Gasteiger partial charge is 0.243 e. The molecule has 2 aliphatic rings. The fraction of sp³-hybridized carbons (Fsp3) is 0.440. The van der Waals surface area contributed by atoms with E-state index in [1.54, 1.807) is 35.5 Å². The van der Waals surface area contributed by atoms with Crippen LogP contribution in [-0.4, -0.2) is 72.3 Å². The molecule has 0 saturated carbocycles. The highest BCUT2D eigenvalue weighted by Crippen LogP contribution is 2.42. The Morgan fingerprint density at radius 3 is 2.41 bits per heavy atom. The van der Waals surface area contributed by atoms with Gasteiger partial charge < -0.3 is 10.2 Å². The van der Waals surface area contributed by atoms with Gasteiger partial charge in [-0.05, 0) is 56.1 Å².